The minimum atomic E-state index is -0.368. The zero-order valence-corrected chi connectivity index (χ0v) is 15.7. The fourth-order valence-electron chi connectivity index (χ4n) is 3.05. The van der Waals surface area contributed by atoms with Crippen LogP contribution in [0.2, 0.25) is 5.02 Å². The zero-order valence-electron chi connectivity index (χ0n) is 14.1. The van der Waals surface area contributed by atoms with Crippen LogP contribution in [0.1, 0.15) is 23.4 Å². The summed E-state index contributed by atoms with van der Waals surface area (Å²) in [6.07, 6.45) is 4.27. The van der Waals surface area contributed by atoms with Crippen molar-refractivity contribution in [3.05, 3.63) is 69.6 Å². The number of hydrogen-bond acceptors (Lipinski definition) is 4. The van der Waals surface area contributed by atoms with Crippen molar-refractivity contribution in [2.75, 3.05) is 6.54 Å². The standard InChI is InChI=1S/C20H18ClN3OS/c21-15-6-4-14(5-7-15)20(9-10-20)19(25)23-12-8-18-24-17(13-26-18)16-3-1-2-11-22-16/h1-7,11,13H,8-10,12H2,(H,23,25). The van der Waals surface area contributed by atoms with Crippen LogP contribution >= 0.6 is 22.9 Å². The van der Waals surface area contributed by atoms with Gasteiger partial charge in [-0.25, -0.2) is 4.98 Å². The number of halogens is 1. The molecule has 2 aromatic heterocycles. The third kappa shape index (κ3) is 3.50. The number of thiazole rings is 1. The number of nitrogens with zero attached hydrogens (tertiary/aromatic N) is 2. The second-order valence-corrected chi connectivity index (χ2v) is 7.82. The van der Waals surface area contributed by atoms with Gasteiger partial charge in [0.2, 0.25) is 5.91 Å². The summed E-state index contributed by atoms with van der Waals surface area (Å²) in [7, 11) is 0. The molecule has 0 radical (unpaired) electrons. The van der Waals surface area contributed by atoms with Gasteiger partial charge in [-0.05, 0) is 42.7 Å². The van der Waals surface area contributed by atoms with Gasteiger partial charge >= 0.3 is 0 Å². The molecule has 1 saturated carbocycles. The lowest BCUT2D eigenvalue weighted by Crippen LogP contribution is -2.35. The Morgan fingerprint density at radius 1 is 1.15 bits per heavy atom. The Labute approximate surface area is 161 Å². The Hall–Kier alpha value is -2.24. The fraction of sp³-hybridized carbons (Fsp3) is 0.250. The van der Waals surface area contributed by atoms with Crippen LogP contribution in [0.15, 0.2) is 54.0 Å². The van der Waals surface area contributed by atoms with E-state index in [4.69, 9.17) is 11.6 Å². The van der Waals surface area contributed by atoms with Crippen LogP contribution in [0.3, 0.4) is 0 Å². The Kier molecular flexibility index (Phi) is 4.74. The largest absolute Gasteiger partial charge is 0.355 e. The van der Waals surface area contributed by atoms with Crippen LogP contribution in [0.4, 0.5) is 0 Å². The van der Waals surface area contributed by atoms with Crippen molar-refractivity contribution in [3.63, 3.8) is 0 Å². The Bertz CT molecular complexity index is 904. The molecule has 1 fully saturated rings. The first-order valence-electron chi connectivity index (χ1n) is 8.57. The molecular weight excluding hydrogens is 366 g/mol. The van der Waals surface area contributed by atoms with Crippen LogP contribution < -0.4 is 5.32 Å². The molecule has 1 aliphatic rings. The van der Waals surface area contributed by atoms with Crippen LogP contribution in [0.25, 0.3) is 11.4 Å². The van der Waals surface area contributed by atoms with Gasteiger partial charge < -0.3 is 5.32 Å². The van der Waals surface area contributed by atoms with E-state index in [1.54, 1.807) is 17.5 Å². The molecule has 6 heteroatoms. The number of carbonyl (C=O) groups excluding carboxylic acids is 1. The molecular formula is C20H18ClN3OS. The predicted octanol–water partition coefficient (Wildman–Crippen LogP) is 4.25. The maximum absolute atomic E-state index is 12.7. The number of carbonyl (C=O) groups is 1. The molecule has 1 aliphatic carbocycles. The molecule has 4 nitrogen and oxygen atoms in total. The molecule has 1 aromatic carbocycles. The third-order valence-electron chi connectivity index (χ3n) is 4.68. The number of benzene rings is 1. The van der Waals surface area contributed by atoms with Gasteiger partial charge in [0, 0.05) is 29.6 Å². The molecule has 0 bridgehead atoms. The SMILES string of the molecule is O=C(NCCc1nc(-c2ccccn2)cs1)C1(c2ccc(Cl)cc2)CC1. The second kappa shape index (κ2) is 7.17. The van der Waals surface area contributed by atoms with Crippen LogP contribution in [0, 0.1) is 0 Å². The summed E-state index contributed by atoms with van der Waals surface area (Å²) < 4.78 is 0. The Morgan fingerprint density at radius 3 is 2.65 bits per heavy atom. The summed E-state index contributed by atoms with van der Waals surface area (Å²) in [5, 5.41) is 6.78. The highest BCUT2D eigenvalue weighted by Gasteiger charge is 2.50. The van der Waals surface area contributed by atoms with E-state index in [1.165, 1.54) is 0 Å². The summed E-state index contributed by atoms with van der Waals surface area (Å²) in [4.78, 5) is 21.6. The molecule has 0 aliphatic heterocycles. The summed E-state index contributed by atoms with van der Waals surface area (Å²) in [6, 6.07) is 13.4. The van der Waals surface area contributed by atoms with E-state index in [-0.39, 0.29) is 11.3 Å². The number of hydrogen-bond donors (Lipinski definition) is 1. The highest BCUT2D eigenvalue weighted by atomic mass is 35.5. The minimum absolute atomic E-state index is 0.0985. The Morgan fingerprint density at radius 2 is 1.96 bits per heavy atom. The highest BCUT2D eigenvalue weighted by Crippen LogP contribution is 2.48. The maximum atomic E-state index is 12.7. The van der Waals surface area contributed by atoms with Crippen molar-refractivity contribution in [1.82, 2.24) is 15.3 Å². The van der Waals surface area contributed by atoms with E-state index in [1.807, 2.05) is 47.8 Å². The van der Waals surface area contributed by atoms with Crippen LogP contribution in [-0.4, -0.2) is 22.4 Å². The fourth-order valence-corrected chi connectivity index (χ4v) is 3.97. The third-order valence-corrected chi connectivity index (χ3v) is 5.85. The van der Waals surface area contributed by atoms with Crippen molar-refractivity contribution in [2.24, 2.45) is 0 Å². The van der Waals surface area contributed by atoms with Crippen LogP contribution in [-0.2, 0) is 16.6 Å². The van der Waals surface area contributed by atoms with E-state index in [2.05, 4.69) is 15.3 Å². The molecule has 132 valence electrons. The van der Waals surface area contributed by atoms with Crippen molar-refractivity contribution in [1.29, 1.82) is 0 Å². The molecule has 1 amide bonds. The van der Waals surface area contributed by atoms with Gasteiger partial charge in [-0.15, -0.1) is 11.3 Å². The average Bonchev–Trinajstić information content (AvgIpc) is 3.35. The van der Waals surface area contributed by atoms with Gasteiger partial charge in [0.05, 0.1) is 21.8 Å². The molecule has 2 heterocycles. The summed E-state index contributed by atoms with van der Waals surface area (Å²) in [6.45, 7) is 0.587. The monoisotopic (exact) mass is 383 g/mol. The molecule has 0 unspecified atom stereocenters. The molecule has 1 N–H and O–H groups in total. The zero-order chi connectivity index (χ0) is 18.0. The number of amides is 1. The van der Waals surface area contributed by atoms with Crippen LogP contribution in [0.5, 0.6) is 0 Å². The Balaban J connectivity index is 1.34. The van der Waals surface area contributed by atoms with Gasteiger partial charge in [0.15, 0.2) is 0 Å². The first-order valence-corrected chi connectivity index (χ1v) is 9.83. The quantitative estimate of drug-likeness (QED) is 0.692. The van der Waals surface area contributed by atoms with E-state index in [0.717, 1.165) is 41.2 Å². The molecule has 0 spiro atoms. The highest BCUT2D eigenvalue weighted by molar-refractivity contribution is 7.09. The van der Waals surface area contributed by atoms with Gasteiger partial charge in [-0.3, -0.25) is 9.78 Å². The lowest BCUT2D eigenvalue weighted by Gasteiger charge is -2.15. The minimum Gasteiger partial charge on any atom is -0.355 e. The van der Waals surface area contributed by atoms with E-state index in [0.29, 0.717) is 11.6 Å². The van der Waals surface area contributed by atoms with Gasteiger partial charge in [0.1, 0.15) is 0 Å². The van der Waals surface area contributed by atoms with Crippen molar-refractivity contribution in [2.45, 2.75) is 24.7 Å². The topological polar surface area (TPSA) is 54.9 Å². The smallest absolute Gasteiger partial charge is 0.230 e. The summed E-state index contributed by atoms with van der Waals surface area (Å²) in [5.74, 6) is 0.0985. The summed E-state index contributed by atoms with van der Waals surface area (Å²) in [5.41, 5.74) is 2.44. The number of rotatable bonds is 6. The number of pyridine rings is 1. The lowest BCUT2D eigenvalue weighted by molar-refractivity contribution is -0.123. The van der Waals surface area contributed by atoms with Gasteiger partial charge in [-0.2, -0.15) is 0 Å². The maximum Gasteiger partial charge on any atom is 0.230 e. The second-order valence-electron chi connectivity index (χ2n) is 6.44. The summed E-state index contributed by atoms with van der Waals surface area (Å²) >= 11 is 7.55. The number of nitrogens with one attached hydrogen (secondary N) is 1. The lowest BCUT2D eigenvalue weighted by atomic mass is 9.95. The molecule has 3 aromatic rings. The number of aromatic nitrogens is 2. The average molecular weight is 384 g/mol. The van der Waals surface area contributed by atoms with E-state index >= 15 is 0 Å². The molecule has 4 rings (SSSR count). The van der Waals surface area contributed by atoms with Crippen molar-refractivity contribution >= 4 is 28.8 Å². The van der Waals surface area contributed by atoms with Gasteiger partial charge in [0.25, 0.3) is 0 Å². The van der Waals surface area contributed by atoms with Crippen molar-refractivity contribution < 1.29 is 4.79 Å². The first kappa shape index (κ1) is 17.2. The van der Waals surface area contributed by atoms with Gasteiger partial charge in [-0.1, -0.05) is 29.8 Å². The van der Waals surface area contributed by atoms with Crippen molar-refractivity contribution in [3.8, 4) is 11.4 Å². The van der Waals surface area contributed by atoms with E-state index < -0.39 is 0 Å². The molecule has 0 saturated heterocycles. The molecule has 26 heavy (non-hydrogen) atoms. The molecule has 0 atom stereocenters. The normalized spacial score (nSPS) is 14.8. The van der Waals surface area contributed by atoms with E-state index in [9.17, 15) is 4.79 Å². The predicted molar refractivity (Wildman–Crippen MR) is 104 cm³/mol. The first-order chi connectivity index (χ1) is 12.7.